The average molecular weight is 348 g/mol. The second kappa shape index (κ2) is 7.70. The molecule has 1 aromatic heterocycles. The molecular weight excluding hydrogens is 324 g/mol. The first-order chi connectivity index (χ1) is 12.8. The Bertz CT molecular complexity index is 841. The van der Waals surface area contributed by atoms with E-state index >= 15 is 0 Å². The summed E-state index contributed by atoms with van der Waals surface area (Å²) in [5, 5.41) is 3.18. The van der Waals surface area contributed by atoms with E-state index in [1.807, 2.05) is 30.3 Å². The second-order valence-corrected chi connectivity index (χ2v) is 6.97. The summed E-state index contributed by atoms with van der Waals surface area (Å²) in [4.78, 5) is 22.5. The number of amides is 1. The number of aromatic amines is 1. The number of likely N-dealkylation sites (tertiary alicyclic amines) is 1. The third-order valence-corrected chi connectivity index (χ3v) is 4.91. The van der Waals surface area contributed by atoms with E-state index in [0.717, 1.165) is 42.9 Å². The number of nitrogens with zero attached hydrogens (tertiary/aromatic N) is 2. The van der Waals surface area contributed by atoms with Gasteiger partial charge in [-0.05, 0) is 24.1 Å². The number of carbonyl (C=O) groups is 1. The van der Waals surface area contributed by atoms with Crippen molar-refractivity contribution in [3.05, 3.63) is 66.0 Å². The number of aromatic nitrogens is 2. The maximum Gasteiger partial charge on any atom is 0.220 e. The predicted octanol–water partition coefficient (Wildman–Crippen LogP) is 2.89. The molecule has 2 heterocycles. The Kier molecular flexibility index (Phi) is 4.97. The highest BCUT2D eigenvalue weighted by atomic mass is 16.1. The molecule has 0 radical (unpaired) electrons. The van der Waals surface area contributed by atoms with Gasteiger partial charge in [-0.15, -0.1) is 0 Å². The molecule has 3 aromatic rings. The lowest BCUT2D eigenvalue weighted by Gasteiger charge is -2.16. The summed E-state index contributed by atoms with van der Waals surface area (Å²) in [6.45, 7) is 2.90. The van der Waals surface area contributed by atoms with E-state index in [1.165, 1.54) is 5.56 Å². The molecule has 5 heteroatoms. The fourth-order valence-electron chi connectivity index (χ4n) is 3.59. The minimum absolute atomic E-state index is 0.108. The molecule has 1 amide bonds. The van der Waals surface area contributed by atoms with Crippen molar-refractivity contribution in [3.8, 4) is 0 Å². The van der Waals surface area contributed by atoms with Gasteiger partial charge in [-0.3, -0.25) is 9.69 Å². The Balaban J connectivity index is 1.23. The van der Waals surface area contributed by atoms with Crippen molar-refractivity contribution in [1.82, 2.24) is 20.2 Å². The van der Waals surface area contributed by atoms with Crippen LogP contribution in [0.4, 0.5) is 0 Å². The standard InChI is InChI=1S/C21H24N4O/c26-21(11-10-20-23-18-8-4-5-9-19(18)24-20)22-17-12-13-25(15-17)14-16-6-2-1-3-7-16/h1-9,17H,10-15H2,(H,22,26)(H,23,24)/t17-/m1/s1. The van der Waals surface area contributed by atoms with Gasteiger partial charge in [-0.1, -0.05) is 42.5 Å². The maximum atomic E-state index is 12.3. The lowest BCUT2D eigenvalue weighted by molar-refractivity contribution is -0.121. The van der Waals surface area contributed by atoms with Gasteiger partial charge in [0.25, 0.3) is 0 Å². The highest BCUT2D eigenvalue weighted by molar-refractivity contribution is 5.77. The van der Waals surface area contributed by atoms with Crippen LogP contribution in [0.3, 0.4) is 0 Å². The predicted molar refractivity (Wildman–Crippen MR) is 103 cm³/mol. The molecular formula is C21H24N4O. The molecule has 26 heavy (non-hydrogen) atoms. The summed E-state index contributed by atoms with van der Waals surface area (Å²) < 4.78 is 0. The van der Waals surface area contributed by atoms with Crippen molar-refractivity contribution < 1.29 is 4.79 Å². The number of fused-ring (bicyclic) bond motifs is 1. The van der Waals surface area contributed by atoms with Crippen molar-refractivity contribution in [2.24, 2.45) is 0 Å². The summed E-state index contributed by atoms with van der Waals surface area (Å²) in [6, 6.07) is 18.7. The molecule has 0 spiro atoms. The van der Waals surface area contributed by atoms with Crippen molar-refractivity contribution in [2.45, 2.75) is 31.8 Å². The number of aryl methyl sites for hydroxylation is 1. The van der Waals surface area contributed by atoms with Crippen molar-refractivity contribution in [2.75, 3.05) is 13.1 Å². The third-order valence-electron chi connectivity index (χ3n) is 4.91. The monoisotopic (exact) mass is 348 g/mol. The molecule has 1 aliphatic heterocycles. The van der Waals surface area contributed by atoms with Gasteiger partial charge in [0.05, 0.1) is 11.0 Å². The van der Waals surface area contributed by atoms with Gasteiger partial charge in [0.2, 0.25) is 5.91 Å². The fraction of sp³-hybridized carbons (Fsp3) is 0.333. The quantitative estimate of drug-likeness (QED) is 0.720. The number of para-hydroxylation sites is 2. The van der Waals surface area contributed by atoms with E-state index in [2.05, 4.69) is 44.5 Å². The van der Waals surface area contributed by atoms with Crippen LogP contribution in [0, 0.1) is 0 Å². The van der Waals surface area contributed by atoms with E-state index in [-0.39, 0.29) is 11.9 Å². The number of benzene rings is 2. The molecule has 134 valence electrons. The number of nitrogens with one attached hydrogen (secondary N) is 2. The van der Waals surface area contributed by atoms with E-state index in [9.17, 15) is 4.79 Å². The maximum absolute atomic E-state index is 12.3. The van der Waals surface area contributed by atoms with Gasteiger partial charge < -0.3 is 10.3 Å². The zero-order chi connectivity index (χ0) is 17.8. The molecule has 1 fully saturated rings. The number of carbonyl (C=O) groups excluding carboxylic acids is 1. The summed E-state index contributed by atoms with van der Waals surface area (Å²) in [6.07, 6.45) is 2.12. The average Bonchev–Trinajstić information content (AvgIpc) is 3.27. The lowest BCUT2D eigenvalue weighted by atomic mass is 10.2. The van der Waals surface area contributed by atoms with E-state index in [4.69, 9.17) is 0 Å². The second-order valence-electron chi connectivity index (χ2n) is 6.97. The van der Waals surface area contributed by atoms with Crippen LogP contribution in [0.2, 0.25) is 0 Å². The van der Waals surface area contributed by atoms with Crippen LogP contribution in [0.5, 0.6) is 0 Å². The summed E-state index contributed by atoms with van der Waals surface area (Å²) in [5.41, 5.74) is 3.30. The molecule has 2 N–H and O–H groups in total. The lowest BCUT2D eigenvalue weighted by Crippen LogP contribution is -2.37. The molecule has 0 bridgehead atoms. The minimum atomic E-state index is 0.108. The van der Waals surface area contributed by atoms with Gasteiger partial charge in [0.1, 0.15) is 5.82 Å². The molecule has 0 saturated carbocycles. The van der Waals surface area contributed by atoms with E-state index in [1.54, 1.807) is 0 Å². The molecule has 1 saturated heterocycles. The number of H-pyrrole nitrogens is 1. The van der Waals surface area contributed by atoms with Crippen LogP contribution >= 0.6 is 0 Å². The zero-order valence-corrected chi connectivity index (χ0v) is 14.8. The molecule has 0 unspecified atom stereocenters. The Labute approximate surface area is 153 Å². The number of hydrogen-bond acceptors (Lipinski definition) is 3. The normalized spacial score (nSPS) is 17.6. The fourth-order valence-corrected chi connectivity index (χ4v) is 3.59. The summed E-state index contributed by atoms with van der Waals surface area (Å²) in [7, 11) is 0. The smallest absolute Gasteiger partial charge is 0.220 e. The van der Waals surface area contributed by atoms with E-state index in [0.29, 0.717) is 12.8 Å². The first kappa shape index (κ1) is 16.8. The highest BCUT2D eigenvalue weighted by Crippen LogP contribution is 2.14. The molecule has 1 atom stereocenters. The Morgan fingerprint density at radius 1 is 1.15 bits per heavy atom. The molecule has 0 aliphatic carbocycles. The topological polar surface area (TPSA) is 61.0 Å². The first-order valence-corrected chi connectivity index (χ1v) is 9.25. The van der Waals surface area contributed by atoms with Gasteiger partial charge in [0.15, 0.2) is 0 Å². The third kappa shape index (κ3) is 4.11. The first-order valence-electron chi connectivity index (χ1n) is 9.25. The van der Waals surface area contributed by atoms with Gasteiger partial charge in [-0.2, -0.15) is 0 Å². The number of hydrogen-bond donors (Lipinski definition) is 2. The van der Waals surface area contributed by atoms with Gasteiger partial charge in [-0.25, -0.2) is 4.98 Å². The van der Waals surface area contributed by atoms with Crippen LogP contribution < -0.4 is 5.32 Å². The van der Waals surface area contributed by atoms with Crippen molar-refractivity contribution in [3.63, 3.8) is 0 Å². The van der Waals surface area contributed by atoms with Crippen LogP contribution in [0.25, 0.3) is 11.0 Å². The van der Waals surface area contributed by atoms with Crippen molar-refractivity contribution in [1.29, 1.82) is 0 Å². The van der Waals surface area contributed by atoms with Crippen LogP contribution in [-0.2, 0) is 17.8 Å². The molecule has 5 nitrogen and oxygen atoms in total. The summed E-state index contributed by atoms with van der Waals surface area (Å²) >= 11 is 0. The van der Waals surface area contributed by atoms with Crippen molar-refractivity contribution >= 4 is 16.9 Å². The molecule has 4 rings (SSSR count). The Hall–Kier alpha value is -2.66. The summed E-state index contributed by atoms with van der Waals surface area (Å²) in [5.74, 6) is 0.982. The minimum Gasteiger partial charge on any atom is -0.352 e. The van der Waals surface area contributed by atoms with Crippen LogP contribution in [-0.4, -0.2) is 39.9 Å². The van der Waals surface area contributed by atoms with Crippen LogP contribution in [0.1, 0.15) is 24.2 Å². The van der Waals surface area contributed by atoms with E-state index < -0.39 is 0 Å². The van der Waals surface area contributed by atoms with Gasteiger partial charge in [0, 0.05) is 38.5 Å². The van der Waals surface area contributed by atoms with Gasteiger partial charge >= 0.3 is 0 Å². The Morgan fingerprint density at radius 2 is 1.96 bits per heavy atom. The zero-order valence-electron chi connectivity index (χ0n) is 14.8. The highest BCUT2D eigenvalue weighted by Gasteiger charge is 2.23. The largest absolute Gasteiger partial charge is 0.352 e. The number of rotatable bonds is 6. The number of imidazole rings is 1. The Morgan fingerprint density at radius 3 is 2.81 bits per heavy atom. The molecule has 1 aliphatic rings. The van der Waals surface area contributed by atoms with Crippen LogP contribution in [0.15, 0.2) is 54.6 Å². The molecule has 2 aromatic carbocycles. The SMILES string of the molecule is O=C(CCc1nc2ccccc2[nH]1)N[C@@H]1CCN(Cc2ccccc2)C1.